The molecule has 1 aromatic carbocycles. The molecule has 4 saturated carbocycles. The first-order valence-corrected chi connectivity index (χ1v) is 19.1. The summed E-state index contributed by atoms with van der Waals surface area (Å²) in [6.45, 7) is 13.5. The molecule has 7 atom stereocenters. The van der Waals surface area contributed by atoms with Crippen LogP contribution in [-0.2, 0) is 28.7 Å². The van der Waals surface area contributed by atoms with Gasteiger partial charge < -0.3 is 25.4 Å². The number of ether oxygens (including phenoxy) is 1. The maximum Gasteiger partial charge on any atom is 0.330 e. The fourth-order valence-corrected chi connectivity index (χ4v) is 12.1. The number of carboxylic acid groups (broad SMARTS) is 2. The summed E-state index contributed by atoms with van der Waals surface area (Å²) in [4.78, 5) is 63.4. The molecule has 5 aliphatic carbocycles. The number of carbonyl (C=O) groups is 5. The zero-order valence-electron chi connectivity index (χ0n) is 31.9. The van der Waals surface area contributed by atoms with Crippen molar-refractivity contribution in [2.75, 3.05) is 11.9 Å². The monoisotopic (exact) mass is 729 g/mol. The van der Waals surface area contributed by atoms with E-state index in [1.54, 1.807) is 0 Å². The molecular weight excluding hydrogens is 674 g/mol. The van der Waals surface area contributed by atoms with Crippen molar-refractivity contribution in [3.8, 4) is 5.75 Å². The minimum absolute atomic E-state index is 0.0418. The molecule has 1 aromatic rings. The van der Waals surface area contributed by atoms with Crippen molar-refractivity contribution in [3.63, 3.8) is 0 Å². The Morgan fingerprint density at radius 2 is 1.62 bits per heavy atom. The first kappa shape index (κ1) is 38.5. The van der Waals surface area contributed by atoms with Crippen LogP contribution in [-0.4, -0.2) is 51.5 Å². The van der Waals surface area contributed by atoms with Crippen LogP contribution in [0.15, 0.2) is 48.1 Å². The van der Waals surface area contributed by atoms with Crippen LogP contribution in [0, 0.1) is 50.2 Å². The molecule has 0 saturated heterocycles. The standard InChI is InChI=1S/C43H55NO9/c1-38(2)19-20-42(37(51)52)21-22-43(25-53-36(50)14-7-26-23-27(45)8-10-30(26)44-34(47)12-13-35(48)49)28(29(42)24-38)9-11-32-40(5)17-16-33(46)39(3,4)31(40)15-18-41(32,43)6/h7-10,12-14,23,29,31-32,45H,11,15-22,24-25H2,1-6H3,(H,44,47)(H,48,49)(H,51,52)/b13-12+,14-7+/t29?,31?,32?,40-,41+,42-,43?/m0/s1. The molecule has 53 heavy (non-hydrogen) atoms. The minimum atomic E-state index is -1.28. The average Bonchev–Trinajstić information content (AvgIpc) is 3.08. The summed E-state index contributed by atoms with van der Waals surface area (Å²) in [6, 6.07) is 4.19. The molecular formula is C43H55NO9. The molecule has 4 N–H and O–H groups in total. The number of ketones is 1. The number of rotatable bonds is 8. The van der Waals surface area contributed by atoms with Crippen molar-refractivity contribution in [3.05, 3.63) is 53.6 Å². The van der Waals surface area contributed by atoms with Gasteiger partial charge in [0.2, 0.25) is 5.91 Å². The van der Waals surface area contributed by atoms with Gasteiger partial charge >= 0.3 is 17.9 Å². The summed E-state index contributed by atoms with van der Waals surface area (Å²) >= 11 is 0. The Morgan fingerprint density at radius 3 is 2.32 bits per heavy atom. The quantitative estimate of drug-likeness (QED) is 0.0898. The molecule has 0 aromatic heterocycles. The Morgan fingerprint density at radius 1 is 0.906 bits per heavy atom. The first-order chi connectivity index (χ1) is 24.7. The van der Waals surface area contributed by atoms with Gasteiger partial charge in [0.1, 0.15) is 18.1 Å². The number of hydrogen-bond acceptors (Lipinski definition) is 7. The third-order valence-corrected chi connectivity index (χ3v) is 15.0. The van der Waals surface area contributed by atoms with Crippen LogP contribution in [0.4, 0.5) is 5.69 Å². The number of esters is 1. The Bertz CT molecular complexity index is 1820. The molecule has 286 valence electrons. The molecule has 0 aliphatic heterocycles. The highest BCUT2D eigenvalue weighted by molar-refractivity contribution is 6.03. The van der Waals surface area contributed by atoms with Crippen LogP contribution in [0.25, 0.3) is 6.08 Å². The van der Waals surface area contributed by atoms with E-state index in [0.29, 0.717) is 43.1 Å². The second-order valence-corrected chi connectivity index (χ2v) is 18.4. The van der Waals surface area contributed by atoms with Gasteiger partial charge in [-0.05, 0) is 116 Å². The number of carboxylic acids is 2. The topological polar surface area (TPSA) is 167 Å². The Labute approximate surface area is 312 Å². The van der Waals surface area contributed by atoms with Crippen LogP contribution >= 0.6 is 0 Å². The molecule has 10 nitrogen and oxygen atoms in total. The summed E-state index contributed by atoms with van der Waals surface area (Å²) in [6.07, 6.45) is 13.8. The molecule has 6 rings (SSSR count). The van der Waals surface area contributed by atoms with Gasteiger partial charge in [-0.3, -0.25) is 14.4 Å². The van der Waals surface area contributed by atoms with E-state index in [9.17, 15) is 34.2 Å². The molecule has 10 heteroatoms. The van der Waals surface area contributed by atoms with Crippen LogP contribution in [0.5, 0.6) is 5.75 Å². The van der Waals surface area contributed by atoms with E-state index in [4.69, 9.17) is 9.84 Å². The van der Waals surface area contributed by atoms with Crippen molar-refractivity contribution in [1.82, 2.24) is 0 Å². The number of phenols is 1. The van der Waals surface area contributed by atoms with Crippen molar-refractivity contribution in [2.24, 2.45) is 50.2 Å². The third-order valence-electron chi connectivity index (χ3n) is 15.0. The van der Waals surface area contributed by atoms with Crippen molar-refractivity contribution in [1.29, 1.82) is 0 Å². The number of fused-ring (bicyclic) bond motifs is 7. The zero-order valence-corrected chi connectivity index (χ0v) is 31.9. The van der Waals surface area contributed by atoms with Gasteiger partial charge in [-0.1, -0.05) is 53.2 Å². The van der Waals surface area contributed by atoms with Crippen LogP contribution in [0.2, 0.25) is 0 Å². The lowest BCUT2D eigenvalue weighted by Gasteiger charge is -2.70. The number of Topliss-reactive ketones (excluding diaryl/α,β-unsaturated/α-hetero) is 1. The summed E-state index contributed by atoms with van der Waals surface area (Å²) in [7, 11) is 0. The fourth-order valence-electron chi connectivity index (χ4n) is 12.1. The number of aromatic hydroxyl groups is 1. The lowest BCUT2D eigenvalue weighted by molar-refractivity contribution is -0.202. The van der Waals surface area contributed by atoms with Crippen LogP contribution in [0.1, 0.15) is 111 Å². The van der Waals surface area contributed by atoms with E-state index >= 15 is 0 Å². The number of nitrogens with one attached hydrogen (secondary N) is 1. The van der Waals surface area contributed by atoms with E-state index in [-0.39, 0.29) is 52.0 Å². The summed E-state index contributed by atoms with van der Waals surface area (Å²) in [5, 5.41) is 32.5. The summed E-state index contributed by atoms with van der Waals surface area (Å²) in [5.74, 6) is -2.84. The average molecular weight is 730 g/mol. The predicted octanol–water partition coefficient (Wildman–Crippen LogP) is 7.96. The van der Waals surface area contributed by atoms with Crippen LogP contribution < -0.4 is 5.32 Å². The summed E-state index contributed by atoms with van der Waals surface area (Å²) in [5.41, 5.74) is -0.670. The highest BCUT2D eigenvalue weighted by Crippen LogP contribution is 2.75. The van der Waals surface area contributed by atoms with Crippen molar-refractivity contribution >= 4 is 41.4 Å². The SMILES string of the molecule is CC1(C)CC[C@]2(C(=O)O)CCC3(COC(=O)/C=C/c4cc(O)ccc4NC(=O)/C=C/C(=O)O)C(=CCC4[C@@]5(C)CCC(=O)C(C)(C)C5CC[C@]43C)C2C1. The highest BCUT2D eigenvalue weighted by Gasteiger charge is 2.71. The highest BCUT2D eigenvalue weighted by atomic mass is 16.5. The number of anilines is 1. The largest absolute Gasteiger partial charge is 0.508 e. The minimum Gasteiger partial charge on any atom is -0.508 e. The van der Waals surface area contributed by atoms with E-state index < -0.39 is 40.1 Å². The first-order valence-electron chi connectivity index (χ1n) is 19.1. The molecule has 5 aliphatic rings. The third kappa shape index (κ3) is 6.33. The molecule has 1 amide bonds. The number of hydrogen-bond donors (Lipinski definition) is 4. The molecule has 0 bridgehead atoms. The lowest BCUT2D eigenvalue weighted by Crippen LogP contribution is -2.66. The number of aliphatic carboxylic acids is 2. The normalized spacial score (nSPS) is 35.6. The van der Waals surface area contributed by atoms with Gasteiger partial charge in [-0.15, -0.1) is 0 Å². The molecule has 0 radical (unpaired) electrons. The Kier molecular flexibility index (Phi) is 9.64. The number of carbonyl (C=O) groups excluding carboxylic acids is 3. The second-order valence-electron chi connectivity index (χ2n) is 18.4. The number of allylic oxidation sites excluding steroid dienone is 1. The number of amides is 1. The Hall–Kier alpha value is -4.21. The lowest BCUT2D eigenvalue weighted by atomic mass is 9.33. The Balaban J connectivity index is 1.36. The predicted molar refractivity (Wildman–Crippen MR) is 200 cm³/mol. The summed E-state index contributed by atoms with van der Waals surface area (Å²) < 4.78 is 6.25. The number of benzene rings is 1. The molecule has 0 spiro atoms. The number of phenolic OH excluding ortho intramolecular Hbond substituents is 1. The fraction of sp³-hybridized carbons (Fsp3) is 0.605. The maximum atomic E-state index is 13.7. The molecule has 4 fully saturated rings. The molecule has 4 unspecified atom stereocenters. The van der Waals surface area contributed by atoms with E-state index in [0.717, 1.165) is 50.2 Å². The van der Waals surface area contributed by atoms with Gasteiger partial charge in [0, 0.05) is 46.7 Å². The van der Waals surface area contributed by atoms with Gasteiger partial charge in [-0.25, -0.2) is 9.59 Å². The van der Waals surface area contributed by atoms with E-state index in [1.165, 1.54) is 30.4 Å². The van der Waals surface area contributed by atoms with Gasteiger partial charge in [0.25, 0.3) is 0 Å². The molecule has 0 heterocycles. The maximum absolute atomic E-state index is 13.7. The second kappa shape index (κ2) is 13.3. The zero-order chi connectivity index (χ0) is 38.8. The van der Waals surface area contributed by atoms with Gasteiger partial charge in [0.05, 0.1) is 5.41 Å². The van der Waals surface area contributed by atoms with E-state index in [1.807, 2.05) is 0 Å². The van der Waals surface area contributed by atoms with Crippen molar-refractivity contribution < 1.29 is 44.0 Å². The van der Waals surface area contributed by atoms with Crippen LogP contribution in [0.3, 0.4) is 0 Å². The smallest absolute Gasteiger partial charge is 0.330 e. The van der Waals surface area contributed by atoms with Gasteiger partial charge in [-0.2, -0.15) is 0 Å². The van der Waals surface area contributed by atoms with Crippen molar-refractivity contribution in [2.45, 2.75) is 106 Å². The van der Waals surface area contributed by atoms with E-state index in [2.05, 4.69) is 52.9 Å². The van der Waals surface area contributed by atoms with Gasteiger partial charge in [0.15, 0.2) is 0 Å².